The van der Waals surface area contributed by atoms with Gasteiger partial charge in [-0.2, -0.15) is 0 Å². The van der Waals surface area contributed by atoms with Crippen LogP contribution in [0, 0.1) is 6.92 Å². The second-order valence-corrected chi connectivity index (χ2v) is 9.53. The van der Waals surface area contributed by atoms with Crippen molar-refractivity contribution in [3.63, 3.8) is 0 Å². The Hall–Kier alpha value is -4.37. The van der Waals surface area contributed by atoms with Crippen LogP contribution in [0.4, 0.5) is 5.69 Å². The van der Waals surface area contributed by atoms with E-state index in [0.29, 0.717) is 33.2 Å². The highest BCUT2D eigenvalue weighted by atomic mass is 32.2. The van der Waals surface area contributed by atoms with Gasteiger partial charge in [-0.3, -0.25) is 23.6 Å². The average Bonchev–Trinajstić information content (AvgIpc) is 3.12. The Kier molecular flexibility index (Phi) is 6.78. The number of rotatable bonds is 7. The summed E-state index contributed by atoms with van der Waals surface area (Å²) in [4.78, 5) is 43.9. The number of aromatic nitrogens is 4. The summed E-state index contributed by atoms with van der Waals surface area (Å²) in [7, 11) is 1.78. The fraction of sp³-hybridized carbons (Fsp3) is 0.143. The molecular weight excluding hydrogens is 486 g/mol. The predicted octanol–water partition coefficient (Wildman–Crippen LogP) is 4.30. The molecule has 0 aliphatic carbocycles. The molecule has 3 aromatic carbocycles. The van der Waals surface area contributed by atoms with Gasteiger partial charge in [-0.25, -0.2) is 9.67 Å². The van der Waals surface area contributed by atoms with E-state index in [1.54, 1.807) is 35.4 Å². The summed E-state index contributed by atoms with van der Waals surface area (Å²) >= 11 is 1.33. The van der Waals surface area contributed by atoms with E-state index in [4.69, 9.17) is 4.98 Å². The highest BCUT2D eigenvalue weighted by molar-refractivity contribution is 7.99. The van der Waals surface area contributed by atoms with Gasteiger partial charge in [-0.05, 0) is 43.3 Å². The van der Waals surface area contributed by atoms with Gasteiger partial charge in [0.15, 0.2) is 5.16 Å². The van der Waals surface area contributed by atoms with E-state index in [9.17, 15) is 14.4 Å². The van der Waals surface area contributed by atoms with Gasteiger partial charge in [0.05, 0.1) is 28.0 Å². The minimum Gasteiger partial charge on any atom is -0.320 e. The lowest BCUT2D eigenvalue weighted by atomic mass is 10.2. The molecular formula is C28H25N5O3S. The maximum Gasteiger partial charge on any atom is 0.295 e. The van der Waals surface area contributed by atoms with Crippen LogP contribution < -0.4 is 16.4 Å². The molecule has 0 aliphatic heterocycles. The van der Waals surface area contributed by atoms with Crippen molar-refractivity contribution in [3.8, 4) is 11.4 Å². The molecule has 0 aliphatic rings. The Morgan fingerprint density at radius 1 is 0.865 bits per heavy atom. The van der Waals surface area contributed by atoms with Crippen LogP contribution in [0.5, 0.6) is 0 Å². The predicted molar refractivity (Wildman–Crippen MR) is 147 cm³/mol. The van der Waals surface area contributed by atoms with Crippen LogP contribution in [0.3, 0.4) is 0 Å². The SMILES string of the molecule is Cc1c(NC(=O)CCSc2nc3ccccc3c(=O)n2-c2ccccc2)c(=O)n(-c2ccccc2)n1C. The highest BCUT2D eigenvalue weighted by Crippen LogP contribution is 2.22. The third-order valence-electron chi connectivity index (χ3n) is 6.14. The lowest BCUT2D eigenvalue weighted by molar-refractivity contribution is -0.115. The van der Waals surface area contributed by atoms with Gasteiger partial charge in [-0.1, -0.05) is 60.3 Å². The van der Waals surface area contributed by atoms with Crippen LogP contribution >= 0.6 is 11.8 Å². The van der Waals surface area contributed by atoms with E-state index < -0.39 is 0 Å². The van der Waals surface area contributed by atoms with Crippen LogP contribution in [-0.2, 0) is 11.8 Å². The zero-order chi connectivity index (χ0) is 25.9. The van der Waals surface area contributed by atoms with Gasteiger partial charge in [0, 0.05) is 19.2 Å². The van der Waals surface area contributed by atoms with Crippen LogP contribution in [0.25, 0.3) is 22.3 Å². The molecule has 2 heterocycles. The number of hydrogen-bond donors (Lipinski definition) is 1. The first-order valence-corrected chi connectivity index (χ1v) is 12.8. The number of hydrogen-bond acceptors (Lipinski definition) is 5. The molecule has 0 unspecified atom stereocenters. The van der Waals surface area contributed by atoms with Crippen LogP contribution in [0.2, 0.25) is 0 Å². The Bertz CT molecular complexity index is 1710. The topological polar surface area (TPSA) is 90.9 Å². The lowest BCUT2D eigenvalue weighted by Gasteiger charge is -2.13. The van der Waals surface area contributed by atoms with Crippen molar-refractivity contribution >= 4 is 34.3 Å². The number of para-hydroxylation sites is 3. The maximum absolute atomic E-state index is 13.3. The summed E-state index contributed by atoms with van der Waals surface area (Å²) in [6.45, 7) is 1.79. The molecule has 0 bridgehead atoms. The van der Waals surface area contributed by atoms with Crippen LogP contribution in [-0.4, -0.2) is 30.6 Å². The Balaban J connectivity index is 1.36. The number of carbonyl (C=O) groups is 1. The van der Waals surface area contributed by atoms with E-state index in [1.807, 2.05) is 72.8 Å². The van der Waals surface area contributed by atoms with E-state index in [1.165, 1.54) is 16.4 Å². The lowest BCUT2D eigenvalue weighted by Crippen LogP contribution is -2.23. The third kappa shape index (κ3) is 4.73. The smallest absolute Gasteiger partial charge is 0.295 e. The van der Waals surface area contributed by atoms with Crippen molar-refractivity contribution in [1.82, 2.24) is 18.9 Å². The van der Waals surface area contributed by atoms with Gasteiger partial charge in [-0.15, -0.1) is 0 Å². The molecule has 5 aromatic rings. The molecule has 0 fully saturated rings. The zero-order valence-corrected chi connectivity index (χ0v) is 21.2. The van der Waals surface area contributed by atoms with Crippen molar-refractivity contribution in [1.29, 1.82) is 0 Å². The van der Waals surface area contributed by atoms with Gasteiger partial charge in [0.1, 0.15) is 5.69 Å². The standard InChI is InChI=1S/C28H25N5O3S/c1-19-25(27(36)33(31(19)2)21-13-7-4-8-14-21)30-24(34)17-18-37-28-29-23-16-10-9-15-22(23)26(35)32(28)20-11-5-3-6-12-20/h3-16H,17-18H2,1-2H3,(H,30,34). The van der Waals surface area contributed by atoms with Crippen molar-refractivity contribution < 1.29 is 4.79 Å². The number of thioether (sulfide) groups is 1. The zero-order valence-electron chi connectivity index (χ0n) is 20.4. The Labute approximate surface area is 217 Å². The number of nitrogens with one attached hydrogen (secondary N) is 1. The van der Waals surface area contributed by atoms with Crippen molar-refractivity contribution in [3.05, 3.63) is 111 Å². The molecule has 1 amide bonds. The summed E-state index contributed by atoms with van der Waals surface area (Å²) in [6.07, 6.45) is 0.140. The first-order valence-electron chi connectivity index (χ1n) is 11.8. The summed E-state index contributed by atoms with van der Waals surface area (Å²) < 4.78 is 4.82. The molecule has 0 atom stereocenters. The number of amides is 1. The van der Waals surface area contributed by atoms with Crippen molar-refractivity contribution in [2.75, 3.05) is 11.1 Å². The first-order chi connectivity index (χ1) is 18.0. The molecule has 9 heteroatoms. The molecule has 0 saturated heterocycles. The Morgan fingerprint density at radius 2 is 1.49 bits per heavy atom. The van der Waals surface area contributed by atoms with E-state index in [0.717, 1.165) is 5.69 Å². The van der Waals surface area contributed by atoms with Crippen molar-refractivity contribution in [2.24, 2.45) is 7.05 Å². The number of fused-ring (bicyclic) bond motifs is 1. The fourth-order valence-electron chi connectivity index (χ4n) is 4.16. The van der Waals surface area contributed by atoms with Gasteiger partial charge in [0.25, 0.3) is 11.1 Å². The molecule has 37 heavy (non-hydrogen) atoms. The molecule has 8 nitrogen and oxygen atoms in total. The molecule has 1 N–H and O–H groups in total. The fourth-order valence-corrected chi connectivity index (χ4v) is 5.11. The van der Waals surface area contributed by atoms with E-state index in [-0.39, 0.29) is 29.1 Å². The maximum atomic E-state index is 13.3. The van der Waals surface area contributed by atoms with Crippen LogP contribution in [0.15, 0.2) is 99.7 Å². The molecule has 0 saturated carbocycles. The summed E-state index contributed by atoms with van der Waals surface area (Å²) in [5, 5.41) is 3.82. The number of nitrogens with zero attached hydrogens (tertiary/aromatic N) is 4. The second kappa shape index (κ2) is 10.3. The molecule has 5 rings (SSSR count). The largest absolute Gasteiger partial charge is 0.320 e. The van der Waals surface area contributed by atoms with Gasteiger partial charge >= 0.3 is 0 Å². The van der Waals surface area contributed by atoms with Crippen LogP contribution in [0.1, 0.15) is 12.1 Å². The summed E-state index contributed by atoms with van der Waals surface area (Å²) in [5.74, 6) is 0.0928. The molecule has 0 spiro atoms. The third-order valence-corrected chi connectivity index (χ3v) is 7.08. The highest BCUT2D eigenvalue weighted by Gasteiger charge is 2.19. The van der Waals surface area contributed by atoms with Gasteiger partial charge < -0.3 is 5.32 Å². The second-order valence-electron chi connectivity index (χ2n) is 8.47. The monoisotopic (exact) mass is 511 g/mol. The normalized spacial score (nSPS) is 11.1. The number of anilines is 1. The van der Waals surface area contributed by atoms with E-state index in [2.05, 4.69) is 5.32 Å². The summed E-state index contributed by atoms with van der Waals surface area (Å²) in [6, 6.07) is 25.8. The van der Waals surface area contributed by atoms with E-state index >= 15 is 0 Å². The van der Waals surface area contributed by atoms with Gasteiger partial charge in [0.2, 0.25) is 5.91 Å². The minimum atomic E-state index is -0.290. The van der Waals surface area contributed by atoms with Crippen molar-refractivity contribution in [2.45, 2.75) is 18.5 Å². The number of carbonyl (C=O) groups excluding carboxylic acids is 1. The quantitative estimate of drug-likeness (QED) is 0.260. The summed E-state index contributed by atoms with van der Waals surface area (Å²) in [5.41, 5.74) is 2.49. The molecule has 2 aromatic heterocycles. The molecule has 0 radical (unpaired) electrons. The minimum absolute atomic E-state index is 0.140. The first kappa shape index (κ1) is 24.3. The average molecular weight is 512 g/mol. The molecule has 186 valence electrons. The number of benzene rings is 3. The Morgan fingerprint density at radius 3 is 2.19 bits per heavy atom.